The minimum absolute atomic E-state index is 0.576. The van der Waals surface area contributed by atoms with E-state index in [1.807, 2.05) is 0 Å². The van der Waals surface area contributed by atoms with Crippen molar-refractivity contribution in [2.45, 2.75) is 43.8 Å². The van der Waals surface area contributed by atoms with E-state index >= 15 is 0 Å². The molecule has 2 unspecified atom stereocenters. The van der Waals surface area contributed by atoms with Gasteiger partial charge in [-0.15, -0.1) is 0 Å². The first-order valence-corrected chi connectivity index (χ1v) is 7.70. The summed E-state index contributed by atoms with van der Waals surface area (Å²) in [6.07, 6.45) is 5.37. The molecule has 3 nitrogen and oxygen atoms in total. The first kappa shape index (κ1) is 11.7. The Bertz CT molecular complexity index is 430. The van der Waals surface area contributed by atoms with Gasteiger partial charge in [-0.05, 0) is 37.3 Å². The second-order valence-electron chi connectivity index (χ2n) is 6.32. The monoisotopic (exact) mass is 257 g/mol. The fraction of sp³-hybridized carbons (Fsp3) is 0.625. The van der Waals surface area contributed by atoms with Gasteiger partial charge in [-0.2, -0.15) is 0 Å². The van der Waals surface area contributed by atoms with Crippen molar-refractivity contribution in [3.8, 4) is 0 Å². The lowest BCUT2D eigenvalue weighted by atomic mass is 10.1. The third-order valence-electron chi connectivity index (χ3n) is 4.78. The Hall–Kier alpha value is -1.06. The van der Waals surface area contributed by atoms with Gasteiger partial charge in [0.05, 0.1) is 0 Å². The van der Waals surface area contributed by atoms with Gasteiger partial charge in [-0.25, -0.2) is 0 Å². The van der Waals surface area contributed by atoms with Crippen molar-refractivity contribution in [3.05, 3.63) is 29.8 Å². The molecular weight excluding hydrogens is 234 g/mol. The number of likely N-dealkylation sites (tertiary alicyclic amines) is 1. The Kier molecular flexibility index (Phi) is 2.97. The minimum Gasteiger partial charge on any atom is -0.380 e. The fourth-order valence-corrected chi connectivity index (χ4v) is 3.53. The van der Waals surface area contributed by atoms with E-state index in [9.17, 15) is 0 Å². The summed E-state index contributed by atoms with van der Waals surface area (Å²) in [5.74, 6) is 0. The zero-order chi connectivity index (χ0) is 12.7. The number of rotatable bonds is 4. The summed E-state index contributed by atoms with van der Waals surface area (Å²) in [7, 11) is 0. The van der Waals surface area contributed by atoms with Crippen molar-refractivity contribution in [3.63, 3.8) is 0 Å². The number of nitrogens with one attached hydrogen (secondary N) is 2. The Morgan fingerprint density at radius 2 is 2.11 bits per heavy atom. The minimum atomic E-state index is 0.576. The smallest absolute Gasteiger partial charge is 0.0427 e. The highest BCUT2D eigenvalue weighted by Crippen LogP contribution is 2.30. The highest BCUT2D eigenvalue weighted by molar-refractivity contribution is 5.56. The van der Waals surface area contributed by atoms with Crippen LogP contribution < -0.4 is 10.6 Å². The number of hydrogen-bond donors (Lipinski definition) is 2. The summed E-state index contributed by atoms with van der Waals surface area (Å²) in [5.41, 5.74) is 2.81. The molecule has 2 heterocycles. The lowest BCUT2D eigenvalue weighted by Gasteiger charge is -2.18. The van der Waals surface area contributed by atoms with Crippen LogP contribution in [0.1, 0.15) is 24.8 Å². The van der Waals surface area contributed by atoms with Crippen LogP contribution in [-0.2, 0) is 6.42 Å². The van der Waals surface area contributed by atoms with Crippen LogP contribution in [0, 0.1) is 0 Å². The van der Waals surface area contributed by atoms with E-state index in [0.29, 0.717) is 12.1 Å². The van der Waals surface area contributed by atoms with Crippen LogP contribution >= 0.6 is 0 Å². The van der Waals surface area contributed by atoms with Crippen LogP contribution in [0.4, 0.5) is 5.69 Å². The highest BCUT2D eigenvalue weighted by atomic mass is 15.2. The maximum Gasteiger partial charge on any atom is 0.0427 e. The van der Waals surface area contributed by atoms with Crippen LogP contribution in [0.5, 0.6) is 0 Å². The van der Waals surface area contributed by atoms with E-state index in [1.54, 1.807) is 0 Å². The molecule has 0 amide bonds. The molecule has 0 radical (unpaired) electrons. The van der Waals surface area contributed by atoms with Crippen molar-refractivity contribution in [2.24, 2.45) is 0 Å². The first-order chi connectivity index (χ1) is 9.38. The van der Waals surface area contributed by atoms with E-state index in [4.69, 9.17) is 0 Å². The number of anilines is 1. The molecule has 3 heteroatoms. The molecule has 4 rings (SSSR count). The quantitative estimate of drug-likeness (QED) is 0.862. The standard InChI is InChI=1S/C16H23N3/c1-2-4-16-12(3-1)9-14(18-16)10-17-13-7-8-19(11-13)15-5-6-15/h1-4,13-15,17-18H,5-11H2. The summed E-state index contributed by atoms with van der Waals surface area (Å²) in [4.78, 5) is 2.68. The molecule has 0 aromatic heterocycles. The molecule has 0 bridgehead atoms. The average Bonchev–Trinajstić information content (AvgIpc) is 3.03. The Morgan fingerprint density at radius 1 is 1.21 bits per heavy atom. The number of fused-ring (bicyclic) bond motifs is 1. The molecule has 1 saturated heterocycles. The van der Waals surface area contributed by atoms with Crippen molar-refractivity contribution in [1.82, 2.24) is 10.2 Å². The van der Waals surface area contributed by atoms with Crippen LogP contribution in [0.15, 0.2) is 24.3 Å². The van der Waals surface area contributed by atoms with Crippen LogP contribution in [-0.4, -0.2) is 42.7 Å². The maximum atomic E-state index is 3.77. The predicted molar refractivity (Wildman–Crippen MR) is 78.6 cm³/mol. The molecule has 1 aromatic rings. The predicted octanol–water partition coefficient (Wildman–Crippen LogP) is 1.85. The van der Waals surface area contributed by atoms with E-state index < -0.39 is 0 Å². The topological polar surface area (TPSA) is 27.3 Å². The normalized spacial score (nSPS) is 30.3. The average molecular weight is 257 g/mol. The third kappa shape index (κ3) is 2.49. The zero-order valence-corrected chi connectivity index (χ0v) is 11.4. The number of benzene rings is 1. The molecule has 2 N–H and O–H groups in total. The van der Waals surface area contributed by atoms with Gasteiger partial charge in [0.15, 0.2) is 0 Å². The molecule has 1 aromatic carbocycles. The number of para-hydroxylation sites is 1. The number of hydrogen-bond acceptors (Lipinski definition) is 3. The lowest BCUT2D eigenvalue weighted by molar-refractivity contribution is 0.317. The largest absolute Gasteiger partial charge is 0.380 e. The molecular formula is C16H23N3. The highest BCUT2D eigenvalue weighted by Gasteiger charge is 2.34. The van der Waals surface area contributed by atoms with Gasteiger partial charge in [0.25, 0.3) is 0 Å². The molecule has 19 heavy (non-hydrogen) atoms. The van der Waals surface area contributed by atoms with Gasteiger partial charge in [-0.1, -0.05) is 18.2 Å². The van der Waals surface area contributed by atoms with Gasteiger partial charge in [-0.3, -0.25) is 4.90 Å². The van der Waals surface area contributed by atoms with Gasteiger partial charge in [0.1, 0.15) is 0 Å². The van der Waals surface area contributed by atoms with Crippen LogP contribution in [0.3, 0.4) is 0 Å². The Labute approximate surface area is 115 Å². The lowest BCUT2D eigenvalue weighted by Crippen LogP contribution is -2.39. The summed E-state index contributed by atoms with van der Waals surface area (Å²) in [6, 6.07) is 10.9. The van der Waals surface area contributed by atoms with Crippen LogP contribution in [0.25, 0.3) is 0 Å². The van der Waals surface area contributed by atoms with Crippen molar-refractivity contribution >= 4 is 5.69 Å². The molecule has 2 aliphatic heterocycles. The van der Waals surface area contributed by atoms with Crippen LogP contribution in [0.2, 0.25) is 0 Å². The summed E-state index contributed by atoms with van der Waals surface area (Å²) in [5, 5.41) is 7.40. The van der Waals surface area contributed by atoms with Crippen molar-refractivity contribution in [1.29, 1.82) is 0 Å². The molecule has 102 valence electrons. The van der Waals surface area contributed by atoms with Gasteiger partial charge < -0.3 is 10.6 Å². The molecule has 0 spiro atoms. The zero-order valence-electron chi connectivity index (χ0n) is 11.4. The van der Waals surface area contributed by atoms with E-state index in [1.165, 1.54) is 50.0 Å². The maximum absolute atomic E-state index is 3.77. The molecule has 3 aliphatic rings. The van der Waals surface area contributed by atoms with Gasteiger partial charge >= 0.3 is 0 Å². The molecule has 1 saturated carbocycles. The Balaban J connectivity index is 1.26. The fourth-order valence-electron chi connectivity index (χ4n) is 3.53. The SMILES string of the molecule is c1ccc2c(c1)CC(CNC1CCN(C3CC3)C1)N2. The number of nitrogens with zero attached hydrogens (tertiary/aromatic N) is 1. The molecule has 2 atom stereocenters. The summed E-state index contributed by atoms with van der Waals surface area (Å²) in [6.45, 7) is 3.67. The summed E-state index contributed by atoms with van der Waals surface area (Å²) < 4.78 is 0. The second kappa shape index (κ2) is 4.80. The Morgan fingerprint density at radius 3 is 2.95 bits per heavy atom. The first-order valence-electron chi connectivity index (χ1n) is 7.70. The second-order valence-corrected chi connectivity index (χ2v) is 6.32. The van der Waals surface area contributed by atoms with Crippen molar-refractivity contribution < 1.29 is 0 Å². The van der Waals surface area contributed by atoms with Gasteiger partial charge in [0, 0.05) is 43.4 Å². The van der Waals surface area contributed by atoms with E-state index in [2.05, 4.69) is 39.8 Å². The van der Waals surface area contributed by atoms with E-state index in [-0.39, 0.29) is 0 Å². The van der Waals surface area contributed by atoms with Crippen molar-refractivity contribution in [2.75, 3.05) is 25.0 Å². The summed E-state index contributed by atoms with van der Waals surface area (Å²) >= 11 is 0. The molecule has 1 aliphatic carbocycles. The van der Waals surface area contributed by atoms with E-state index in [0.717, 1.165) is 12.6 Å². The van der Waals surface area contributed by atoms with Gasteiger partial charge in [0.2, 0.25) is 0 Å². The molecule has 2 fully saturated rings. The third-order valence-corrected chi connectivity index (χ3v) is 4.78.